The van der Waals surface area contributed by atoms with E-state index in [0.717, 1.165) is 16.9 Å². The zero-order valence-corrected chi connectivity index (χ0v) is 15.1. The van der Waals surface area contributed by atoms with Crippen LogP contribution in [0.5, 0.6) is 11.5 Å². The molecular formula is C19H17BN4O4. The minimum atomic E-state index is -1.17. The van der Waals surface area contributed by atoms with Crippen LogP contribution in [-0.4, -0.2) is 52.8 Å². The van der Waals surface area contributed by atoms with E-state index in [0.29, 0.717) is 17.8 Å². The Balaban J connectivity index is 1.57. The van der Waals surface area contributed by atoms with E-state index in [9.17, 15) is 4.79 Å². The van der Waals surface area contributed by atoms with Crippen LogP contribution < -0.4 is 14.9 Å². The monoisotopic (exact) mass is 376 g/mol. The summed E-state index contributed by atoms with van der Waals surface area (Å²) >= 11 is 0. The first-order valence-electron chi connectivity index (χ1n) is 8.38. The molecule has 9 heteroatoms. The maximum absolute atomic E-state index is 11.0. The highest BCUT2D eigenvalue weighted by Crippen LogP contribution is 2.18. The smallest absolute Gasteiger partial charge is 0.375 e. The molecule has 1 heterocycles. The van der Waals surface area contributed by atoms with Crippen LogP contribution in [0.25, 0.3) is 6.08 Å². The number of aromatic nitrogens is 4. The molecule has 0 bridgehead atoms. The van der Waals surface area contributed by atoms with Gasteiger partial charge in [-0.1, -0.05) is 35.8 Å². The summed E-state index contributed by atoms with van der Waals surface area (Å²) in [6, 6.07) is 12.7. The maximum Gasteiger partial charge on any atom is 0.375 e. The van der Waals surface area contributed by atoms with E-state index >= 15 is 0 Å². The second-order valence-corrected chi connectivity index (χ2v) is 5.82. The summed E-state index contributed by atoms with van der Waals surface area (Å²) in [5.74, 6) is 0.0391. The number of methoxy groups -OCH3 is 1. The highest BCUT2D eigenvalue weighted by atomic mass is 16.5. The van der Waals surface area contributed by atoms with Gasteiger partial charge in [-0.2, -0.15) is 0 Å². The van der Waals surface area contributed by atoms with Gasteiger partial charge in [-0.3, -0.25) is 0 Å². The van der Waals surface area contributed by atoms with Crippen molar-refractivity contribution in [3.63, 3.8) is 0 Å². The fraction of sp³-hybridized carbons (Fsp3) is 0.158. The predicted molar refractivity (Wildman–Crippen MR) is 103 cm³/mol. The van der Waals surface area contributed by atoms with Gasteiger partial charge in [-0.05, 0) is 40.3 Å². The van der Waals surface area contributed by atoms with E-state index in [4.69, 9.17) is 22.4 Å². The molecule has 1 aromatic heterocycles. The van der Waals surface area contributed by atoms with Crippen molar-refractivity contribution in [1.29, 1.82) is 0 Å². The minimum Gasteiger partial charge on any atom is -0.496 e. The second kappa shape index (κ2) is 8.85. The molecule has 0 atom stereocenters. The number of carboxylic acid groups (broad SMARTS) is 1. The van der Waals surface area contributed by atoms with Gasteiger partial charge >= 0.3 is 5.97 Å². The number of benzene rings is 2. The van der Waals surface area contributed by atoms with Crippen molar-refractivity contribution in [1.82, 2.24) is 20.2 Å². The summed E-state index contributed by atoms with van der Waals surface area (Å²) in [4.78, 5) is 11.0. The Bertz CT molecular complexity index is 986. The van der Waals surface area contributed by atoms with Crippen LogP contribution in [0, 0.1) is 0 Å². The third kappa shape index (κ3) is 4.76. The molecule has 0 unspecified atom stereocenters. The molecule has 140 valence electrons. The molecule has 3 aromatic rings. The standard InChI is InChI=1S/C19H17BN4O4/c1-27-17-9-6-15(20)11-14(17)3-2-10-28-16-7-4-13(5-8-16)12-24-18(19(25)26)21-22-23-24/h2-9,11H,10,12H2,1H3,(H,25,26)/b3-2+. The molecule has 2 aromatic carbocycles. The zero-order valence-electron chi connectivity index (χ0n) is 15.1. The maximum atomic E-state index is 11.0. The van der Waals surface area contributed by atoms with Crippen molar-refractivity contribution in [3.8, 4) is 11.5 Å². The molecule has 0 saturated heterocycles. The molecule has 1 N–H and O–H groups in total. The number of carboxylic acids is 1. The van der Waals surface area contributed by atoms with Gasteiger partial charge in [0.25, 0.3) is 5.82 Å². The number of nitrogens with zero attached hydrogens (tertiary/aromatic N) is 4. The van der Waals surface area contributed by atoms with E-state index in [1.807, 2.05) is 36.4 Å². The minimum absolute atomic E-state index is 0.206. The summed E-state index contributed by atoms with van der Waals surface area (Å²) in [5, 5.41) is 19.6. The lowest BCUT2D eigenvalue weighted by Crippen LogP contribution is -2.12. The first-order valence-corrected chi connectivity index (χ1v) is 8.38. The molecular weight excluding hydrogens is 359 g/mol. The number of tetrazole rings is 1. The van der Waals surface area contributed by atoms with Crippen LogP contribution in [0.15, 0.2) is 48.5 Å². The first-order chi connectivity index (χ1) is 13.6. The first kappa shape index (κ1) is 19.2. The van der Waals surface area contributed by atoms with Crippen LogP contribution in [0.1, 0.15) is 21.7 Å². The highest BCUT2D eigenvalue weighted by molar-refractivity contribution is 6.32. The van der Waals surface area contributed by atoms with Gasteiger partial charge in [0, 0.05) is 5.56 Å². The fourth-order valence-electron chi connectivity index (χ4n) is 2.53. The summed E-state index contributed by atoms with van der Waals surface area (Å²) in [7, 11) is 7.41. The van der Waals surface area contributed by atoms with Crippen LogP contribution in [-0.2, 0) is 6.54 Å². The zero-order chi connectivity index (χ0) is 19.9. The molecule has 0 aliphatic carbocycles. The summed E-state index contributed by atoms with van der Waals surface area (Å²) in [5.41, 5.74) is 2.38. The number of aromatic carboxylic acids is 1. The Morgan fingerprint density at radius 1 is 1.25 bits per heavy atom. The van der Waals surface area contributed by atoms with Crippen molar-refractivity contribution in [2.75, 3.05) is 13.7 Å². The molecule has 0 saturated carbocycles. The molecule has 0 aliphatic heterocycles. The Morgan fingerprint density at radius 2 is 2.04 bits per heavy atom. The van der Waals surface area contributed by atoms with Gasteiger partial charge in [0.05, 0.1) is 13.7 Å². The Morgan fingerprint density at radius 3 is 2.75 bits per heavy atom. The van der Waals surface area contributed by atoms with Crippen LogP contribution in [0.3, 0.4) is 0 Å². The molecule has 2 radical (unpaired) electrons. The largest absolute Gasteiger partial charge is 0.496 e. The number of carbonyl (C=O) groups is 1. The molecule has 8 nitrogen and oxygen atoms in total. The number of hydrogen-bond acceptors (Lipinski definition) is 6. The normalized spacial score (nSPS) is 10.9. The van der Waals surface area contributed by atoms with E-state index < -0.39 is 5.97 Å². The van der Waals surface area contributed by atoms with E-state index in [1.54, 1.807) is 25.3 Å². The topological polar surface area (TPSA) is 99.4 Å². The Kier molecular flexibility index (Phi) is 6.06. The van der Waals surface area contributed by atoms with Crippen LogP contribution >= 0.6 is 0 Å². The summed E-state index contributed by atoms with van der Waals surface area (Å²) < 4.78 is 12.2. The lowest BCUT2D eigenvalue weighted by atomic mass is 9.94. The van der Waals surface area contributed by atoms with Gasteiger partial charge in [0.2, 0.25) is 0 Å². The van der Waals surface area contributed by atoms with Crippen molar-refractivity contribution in [3.05, 3.63) is 65.5 Å². The number of rotatable bonds is 8. The van der Waals surface area contributed by atoms with E-state index in [-0.39, 0.29) is 12.4 Å². The van der Waals surface area contributed by atoms with E-state index in [2.05, 4.69) is 15.5 Å². The van der Waals surface area contributed by atoms with E-state index in [1.165, 1.54) is 4.68 Å². The van der Waals surface area contributed by atoms with Crippen molar-refractivity contribution in [2.24, 2.45) is 0 Å². The molecule has 28 heavy (non-hydrogen) atoms. The molecule has 0 amide bonds. The SMILES string of the molecule is [B]c1ccc(OC)c(/C=C/COc2ccc(Cn3nnnc3C(=O)O)cc2)c1. The van der Waals surface area contributed by atoms with Crippen LogP contribution in [0.4, 0.5) is 0 Å². The average Bonchev–Trinajstić information content (AvgIpc) is 3.15. The second-order valence-electron chi connectivity index (χ2n) is 5.82. The fourth-order valence-corrected chi connectivity index (χ4v) is 2.53. The Hall–Kier alpha value is -3.62. The van der Waals surface area contributed by atoms with Crippen molar-refractivity contribution >= 4 is 25.4 Å². The lowest BCUT2D eigenvalue weighted by Gasteiger charge is -2.07. The van der Waals surface area contributed by atoms with Crippen molar-refractivity contribution < 1.29 is 19.4 Å². The Labute approximate surface area is 162 Å². The molecule has 3 rings (SSSR count). The van der Waals surface area contributed by atoms with Gasteiger partial charge in [-0.25, -0.2) is 9.48 Å². The quantitative estimate of drug-likeness (QED) is 0.592. The van der Waals surface area contributed by atoms with Gasteiger partial charge in [0.15, 0.2) is 0 Å². The van der Waals surface area contributed by atoms with Gasteiger partial charge in [-0.15, -0.1) is 5.10 Å². The highest BCUT2D eigenvalue weighted by Gasteiger charge is 2.13. The third-order valence-electron chi connectivity index (χ3n) is 3.88. The molecule has 0 spiro atoms. The van der Waals surface area contributed by atoms with Crippen LogP contribution in [0.2, 0.25) is 0 Å². The van der Waals surface area contributed by atoms with Gasteiger partial charge in [0.1, 0.15) is 26.0 Å². The lowest BCUT2D eigenvalue weighted by molar-refractivity contribution is 0.0677. The molecule has 0 fully saturated rings. The summed E-state index contributed by atoms with van der Waals surface area (Å²) in [6.07, 6.45) is 3.75. The van der Waals surface area contributed by atoms with Crippen molar-refractivity contribution in [2.45, 2.75) is 6.54 Å². The third-order valence-corrected chi connectivity index (χ3v) is 3.88. The van der Waals surface area contributed by atoms with Gasteiger partial charge < -0.3 is 14.6 Å². The number of hydrogen-bond donors (Lipinski definition) is 1. The molecule has 0 aliphatic rings. The predicted octanol–water partition coefficient (Wildman–Crippen LogP) is 1.31. The number of ether oxygens (including phenoxy) is 2. The average molecular weight is 376 g/mol. The summed E-state index contributed by atoms with van der Waals surface area (Å²) in [6.45, 7) is 0.623.